The van der Waals surface area contributed by atoms with E-state index in [0.717, 1.165) is 5.57 Å². The number of halogens is 1. The molecule has 4 N–H and O–H groups in total. The van der Waals surface area contributed by atoms with E-state index in [1.807, 2.05) is 13.8 Å². The summed E-state index contributed by atoms with van der Waals surface area (Å²) in [7, 11) is 0. The summed E-state index contributed by atoms with van der Waals surface area (Å²) >= 11 is 0. The number of hydrogen-bond donors (Lipinski definition) is 3. The Morgan fingerprint density at radius 3 is 2.56 bits per heavy atom. The molecule has 0 aromatic rings. The number of allylic oxidation sites excluding steroid dienone is 1. The molecule has 1 unspecified atom stereocenters. The van der Waals surface area contributed by atoms with Crippen LogP contribution in [0.25, 0.3) is 0 Å². The summed E-state index contributed by atoms with van der Waals surface area (Å²) < 4.78 is 18.9. The van der Waals surface area contributed by atoms with Gasteiger partial charge in [-0.1, -0.05) is 13.8 Å². The average molecular weight is 231 g/mol. The first-order valence-electron chi connectivity index (χ1n) is 5.64. The van der Waals surface area contributed by atoms with E-state index in [2.05, 4.69) is 5.32 Å². The van der Waals surface area contributed by atoms with Crippen molar-refractivity contribution in [2.45, 2.75) is 39.3 Å². The molecule has 4 nitrogen and oxygen atoms in total. The summed E-state index contributed by atoms with van der Waals surface area (Å²) in [5.41, 5.74) is 6.03. The lowest BCUT2D eigenvalue weighted by atomic mass is 10.1. The van der Waals surface area contributed by atoms with E-state index in [9.17, 15) is 4.39 Å². The summed E-state index contributed by atoms with van der Waals surface area (Å²) in [6.07, 6.45) is 2.36. The van der Waals surface area contributed by atoms with Crippen LogP contribution in [0, 0.1) is 5.41 Å². The monoisotopic (exact) mass is 231 g/mol. The molecule has 0 aliphatic rings. The molecule has 94 valence electrons. The molecule has 0 fully saturated rings. The van der Waals surface area contributed by atoms with E-state index in [4.69, 9.17) is 15.9 Å². The largest absolute Gasteiger partial charge is 0.357 e. The normalized spacial score (nSPS) is 12.0. The van der Waals surface area contributed by atoms with Crippen molar-refractivity contribution in [3.8, 4) is 0 Å². The Morgan fingerprint density at radius 2 is 2.12 bits per heavy atom. The van der Waals surface area contributed by atoms with Crippen LogP contribution >= 0.6 is 0 Å². The first kappa shape index (κ1) is 15.1. The third kappa shape index (κ3) is 5.82. The lowest BCUT2D eigenvalue weighted by Gasteiger charge is -2.18. The van der Waals surface area contributed by atoms with Crippen LogP contribution in [0.4, 0.5) is 4.39 Å². The Morgan fingerprint density at radius 1 is 1.50 bits per heavy atom. The summed E-state index contributed by atoms with van der Waals surface area (Å²) in [5.74, 6) is -0.339. The number of rotatable bonds is 9. The first-order valence-corrected chi connectivity index (χ1v) is 5.64. The van der Waals surface area contributed by atoms with Crippen LogP contribution < -0.4 is 11.1 Å². The van der Waals surface area contributed by atoms with Gasteiger partial charge in [0.2, 0.25) is 0 Å². The average Bonchev–Trinajstić information content (AvgIpc) is 2.28. The van der Waals surface area contributed by atoms with Crippen molar-refractivity contribution < 1.29 is 9.13 Å². The Hall–Kier alpha value is -0.940. The molecule has 0 aromatic heterocycles. The van der Waals surface area contributed by atoms with Crippen LogP contribution in [0.5, 0.6) is 0 Å². The topological polar surface area (TPSA) is 71.1 Å². The van der Waals surface area contributed by atoms with E-state index < -0.39 is 6.23 Å². The van der Waals surface area contributed by atoms with Gasteiger partial charge in [0.05, 0.1) is 6.61 Å². The highest BCUT2D eigenvalue weighted by atomic mass is 19.1. The van der Waals surface area contributed by atoms with Gasteiger partial charge in [0, 0.05) is 13.0 Å². The van der Waals surface area contributed by atoms with Gasteiger partial charge in [0.15, 0.2) is 5.95 Å². The Kier molecular flexibility index (Phi) is 8.75. The predicted octanol–water partition coefficient (Wildman–Crippen LogP) is 1.92. The smallest absolute Gasteiger partial charge is 0.188 e. The molecule has 0 radical (unpaired) electrons. The van der Waals surface area contributed by atoms with Crippen molar-refractivity contribution in [2.75, 3.05) is 13.2 Å². The fourth-order valence-corrected chi connectivity index (χ4v) is 1.29. The van der Waals surface area contributed by atoms with Gasteiger partial charge in [-0.3, -0.25) is 0 Å². The van der Waals surface area contributed by atoms with E-state index >= 15 is 0 Å². The number of hydrogen-bond acceptors (Lipinski definition) is 4. The molecule has 0 amide bonds. The second kappa shape index (κ2) is 9.30. The lowest BCUT2D eigenvalue weighted by molar-refractivity contribution is 0.0422. The summed E-state index contributed by atoms with van der Waals surface area (Å²) in [6, 6.07) is 0. The molecule has 5 heteroatoms. The maximum Gasteiger partial charge on any atom is 0.188 e. The molecule has 0 rings (SSSR count). The van der Waals surface area contributed by atoms with Crippen LogP contribution in [-0.2, 0) is 4.74 Å². The molecule has 0 bridgehead atoms. The van der Waals surface area contributed by atoms with Gasteiger partial charge in [-0.05, 0) is 24.6 Å². The van der Waals surface area contributed by atoms with E-state index in [1.165, 1.54) is 6.21 Å². The van der Waals surface area contributed by atoms with Crippen molar-refractivity contribution in [3.05, 3.63) is 11.5 Å². The highest BCUT2D eigenvalue weighted by molar-refractivity contribution is 5.53. The van der Waals surface area contributed by atoms with Crippen LogP contribution in [0.2, 0.25) is 0 Å². The zero-order valence-electron chi connectivity index (χ0n) is 10.1. The molecule has 0 saturated carbocycles. The van der Waals surface area contributed by atoms with Crippen LogP contribution in [0.15, 0.2) is 11.5 Å². The van der Waals surface area contributed by atoms with Gasteiger partial charge >= 0.3 is 0 Å². The Labute approximate surface area is 96.6 Å². The molecule has 0 aliphatic heterocycles. The molecule has 1 atom stereocenters. The van der Waals surface area contributed by atoms with Gasteiger partial charge in [0.1, 0.15) is 6.23 Å². The van der Waals surface area contributed by atoms with Crippen molar-refractivity contribution in [3.63, 3.8) is 0 Å². The summed E-state index contributed by atoms with van der Waals surface area (Å²) in [5, 5.41) is 9.63. The Bertz CT molecular complexity index is 225. The van der Waals surface area contributed by atoms with Crippen molar-refractivity contribution in [2.24, 2.45) is 5.73 Å². The predicted molar refractivity (Wildman–Crippen MR) is 64.0 cm³/mol. The molecule has 0 heterocycles. The highest BCUT2D eigenvalue weighted by Crippen LogP contribution is 2.12. The quantitative estimate of drug-likeness (QED) is 0.322. The lowest BCUT2D eigenvalue weighted by Crippen LogP contribution is -2.32. The summed E-state index contributed by atoms with van der Waals surface area (Å²) in [4.78, 5) is 0. The van der Waals surface area contributed by atoms with Crippen LogP contribution in [0.3, 0.4) is 0 Å². The Balaban J connectivity index is 4.35. The third-order valence-electron chi connectivity index (χ3n) is 2.22. The second-order valence-electron chi connectivity index (χ2n) is 3.36. The van der Waals surface area contributed by atoms with E-state index in [1.54, 1.807) is 0 Å². The van der Waals surface area contributed by atoms with E-state index in [-0.39, 0.29) is 5.95 Å². The van der Waals surface area contributed by atoms with Gasteiger partial charge in [-0.15, -0.1) is 0 Å². The first-order chi connectivity index (χ1) is 7.69. The van der Waals surface area contributed by atoms with E-state index in [0.29, 0.717) is 32.4 Å². The SMILES string of the molecule is CCC(CC)=C(F)NC(CC=N)OCCN. The molecule has 0 aliphatic carbocycles. The number of ether oxygens (including phenoxy) is 1. The highest BCUT2D eigenvalue weighted by Gasteiger charge is 2.10. The molecule has 0 aromatic carbocycles. The minimum atomic E-state index is -0.505. The third-order valence-corrected chi connectivity index (χ3v) is 2.22. The van der Waals surface area contributed by atoms with Gasteiger partial charge < -0.3 is 21.2 Å². The van der Waals surface area contributed by atoms with Crippen molar-refractivity contribution >= 4 is 6.21 Å². The zero-order valence-corrected chi connectivity index (χ0v) is 10.1. The number of nitrogens with one attached hydrogen (secondary N) is 2. The van der Waals surface area contributed by atoms with Crippen molar-refractivity contribution in [1.29, 1.82) is 5.41 Å². The molecule has 0 saturated heterocycles. The maximum absolute atomic E-state index is 13.7. The number of nitrogens with two attached hydrogens (primary N) is 1. The standard InChI is InChI=1S/C11H22FN3O/c1-3-9(4-2)11(12)15-10(5-6-13)16-8-7-14/h6,10,13,15H,3-5,7-8,14H2,1-2H3. The zero-order chi connectivity index (χ0) is 12.4. The van der Waals surface area contributed by atoms with Gasteiger partial charge in [-0.25, -0.2) is 0 Å². The van der Waals surface area contributed by atoms with Gasteiger partial charge in [0.25, 0.3) is 0 Å². The van der Waals surface area contributed by atoms with Crippen LogP contribution in [0.1, 0.15) is 33.1 Å². The molecule has 0 spiro atoms. The van der Waals surface area contributed by atoms with Crippen LogP contribution in [-0.4, -0.2) is 25.6 Å². The minimum Gasteiger partial charge on any atom is -0.357 e. The molecular weight excluding hydrogens is 209 g/mol. The molecular formula is C11H22FN3O. The van der Waals surface area contributed by atoms with Crippen molar-refractivity contribution in [1.82, 2.24) is 5.32 Å². The minimum absolute atomic E-state index is 0.328. The fourth-order valence-electron chi connectivity index (χ4n) is 1.29. The summed E-state index contributed by atoms with van der Waals surface area (Å²) in [6.45, 7) is 4.56. The van der Waals surface area contributed by atoms with Gasteiger partial charge in [-0.2, -0.15) is 4.39 Å². The fraction of sp³-hybridized carbons (Fsp3) is 0.727. The second-order valence-corrected chi connectivity index (χ2v) is 3.36. The maximum atomic E-state index is 13.7. The molecule has 16 heavy (non-hydrogen) atoms.